The summed E-state index contributed by atoms with van der Waals surface area (Å²) in [7, 11) is 1.93. The molecule has 1 aliphatic heterocycles. The van der Waals surface area contributed by atoms with Crippen molar-refractivity contribution in [3.63, 3.8) is 0 Å². The number of carboxylic acid groups (broad SMARTS) is 1. The van der Waals surface area contributed by atoms with Gasteiger partial charge in [0.15, 0.2) is 0 Å². The Morgan fingerprint density at radius 1 is 1.04 bits per heavy atom. The van der Waals surface area contributed by atoms with Gasteiger partial charge in [-0.05, 0) is 41.8 Å². The maximum atomic E-state index is 11.6. The summed E-state index contributed by atoms with van der Waals surface area (Å²) in [5, 5.41) is 10.5. The van der Waals surface area contributed by atoms with E-state index in [0.717, 1.165) is 34.3 Å². The van der Waals surface area contributed by atoms with E-state index in [4.69, 9.17) is 5.11 Å². The van der Waals surface area contributed by atoms with Crippen LogP contribution in [0.2, 0.25) is 0 Å². The highest BCUT2D eigenvalue weighted by Gasteiger charge is 2.31. The number of imide groups is 1. The first kappa shape index (κ1) is 18.0. The lowest BCUT2D eigenvalue weighted by atomic mass is 10.1. The Bertz CT molecular complexity index is 834. The van der Waals surface area contributed by atoms with E-state index in [9.17, 15) is 14.4 Å². The fourth-order valence-corrected chi connectivity index (χ4v) is 3.62. The Morgan fingerprint density at radius 2 is 1.58 bits per heavy atom. The molecule has 1 aliphatic rings. The van der Waals surface area contributed by atoms with E-state index in [2.05, 4.69) is 5.32 Å². The second-order valence-electron chi connectivity index (χ2n) is 6.05. The Hall–Kier alpha value is -2.80. The van der Waals surface area contributed by atoms with Crippen LogP contribution < -0.4 is 10.2 Å². The van der Waals surface area contributed by atoms with Crippen molar-refractivity contribution in [1.82, 2.24) is 5.32 Å². The SMILES string of the molecule is CN(c1ccc(CC(=O)O)cc1)c1ccc(CC2SC(=O)NC2=O)cc1. The molecule has 2 N–H and O–H groups in total. The summed E-state index contributed by atoms with van der Waals surface area (Å²) in [5.41, 5.74) is 3.66. The van der Waals surface area contributed by atoms with E-state index in [1.165, 1.54) is 0 Å². The minimum Gasteiger partial charge on any atom is -0.481 e. The second kappa shape index (κ2) is 7.61. The van der Waals surface area contributed by atoms with Crippen LogP contribution in [0.25, 0.3) is 0 Å². The predicted molar refractivity (Wildman–Crippen MR) is 101 cm³/mol. The quantitative estimate of drug-likeness (QED) is 0.813. The van der Waals surface area contributed by atoms with Crippen molar-refractivity contribution in [3.05, 3.63) is 59.7 Å². The van der Waals surface area contributed by atoms with Gasteiger partial charge in [-0.3, -0.25) is 19.7 Å². The molecule has 2 aromatic rings. The molecule has 0 aliphatic carbocycles. The topological polar surface area (TPSA) is 86.7 Å². The average Bonchev–Trinajstić information content (AvgIpc) is 2.92. The molecule has 0 spiro atoms. The van der Waals surface area contributed by atoms with Gasteiger partial charge in [-0.2, -0.15) is 0 Å². The van der Waals surface area contributed by atoms with Crippen LogP contribution in [0.5, 0.6) is 0 Å². The Labute approximate surface area is 155 Å². The maximum absolute atomic E-state index is 11.6. The molecule has 0 radical (unpaired) electrons. The van der Waals surface area contributed by atoms with E-state index < -0.39 is 5.97 Å². The molecule has 3 rings (SSSR count). The standard InChI is InChI=1S/C19H18N2O4S/c1-21(15-8-4-13(5-9-15)11-17(22)23)14-6-2-12(3-7-14)10-16-18(24)20-19(25)26-16/h2-9,16H,10-11H2,1H3,(H,22,23)(H,20,24,25). The number of carboxylic acids is 1. The number of hydrogen-bond acceptors (Lipinski definition) is 5. The second-order valence-corrected chi connectivity index (χ2v) is 7.23. The smallest absolute Gasteiger partial charge is 0.307 e. The zero-order chi connectivity index (χ0) is 18.7. The van der Waals surface area contributed by atoms with Crippen molar-refractivity contribution < 1.29 is 19.5 Å². The zero-order valence-electron chi connectivity index (χ0n) is 14.1. The molecule has 26 heavy (non-hydrogen) atoms. The van der Waals surface area contributed by atoms with Crippen LogP contribution in [0.3, 0.4) is 0 Å². The number of nitrogens with zero attached hydrogens (tertiary/aromatic N) is 1. The Morgan fingerprint density at radius 3 is 2.04 bits per heavy atom. The van der Waals surface area contributed by atoms with Crippen molar-refractivity contribution in [2.75, 3.05) is 11.9 Å². The normalized spacial score (nSPS) is 16.4. The summed E-state index contributed by atoms with van der Waals surface area (Å²) >= 11 is 1.03. The summed E-state index contributed by atoms with van der Waals surface area (Å²) in [6.45, 7) is 0. The van der Waals surface area contributed by atoms with Crippen molar-refractivity contribution in [3.8, 4) is 0 Å². The molecule has 0 aromatic heterocycles. The molecular weight excluding hydrogens is 352 g/mol. The minimum absolute atomic E-state index is 0.00789. The van der Waals surface area contributed by atoms with Gasteiger partial charge < -0.3 is 10.0 Å². The first-order valence-corrected chi connectivity index (χ1v) is 8.95. The lowest BCUT2D eigenvalue weighted by Gasteiger charge is -2.20. The van der Waals surface area contributed by atoms with Gasteiger partial charge in [0.1, 0.15) is 0 Å². The number of carbonyl (C=O) groups excluding carboxylic acids is 2. The molecule has 1 fully saturated rings. The fraction of sp³-hybridized carbons (Fsp3) is 0.211. The highest BCUT2D eigenvalue weighted by Crippen LogP contribution is 2.27. The van der Waals surface area contributed by atoms with E-state index in [0.29, 0.717) is 6.42 Å². The lowest BCUT2D eigenvalue weighted by molar-refractivity contribution is -0.136. The molecule has 0 bridgehead atoms. The predicted octanol–water partition coefficient (Wildman–Crippen LogP) is 2.98. The maximum Gasteiger partial charge on any atom is 0.307 e. The number of nitrogens with one attached hydrogen (secondary N) is 1. The molecule has 7 heteroatoms. The number of anilines is 2. The number of aliphatic carboxylic acids is 1. The van der Waals surface area contributed by atoms with Crippen LogP contribution in [0.4, 0.5) is 16.2 Å². The van der Waals surface area contributed by atoms with Gasteiger partial charge in [-0.1, -0.05) is 36.0 Å². The molecule has 1 saturated heterocycles. The van der Waals surface area contributed by atoms with Crippen LogP contribution in [0, 0.1) is 0 Å². The van der Waals surface area contributed by atoms with Crippen LogP contribution in [0.1, 0.15) is 11.1 Å². The van der Waals surface area contributed by atoms with Crippen molar-refractivity contribution in [1.29, 1.82) is 0 Å². The van der Waals surface area contributed by atoms with Gasteiger partial charge in [0, 0.05) is 18.4 Å². The van der Waals surface area contributed by atoms with Gasteiger partial charge in [-0.15, -0.1) is 0 Å². The molecule has 1 atom stereocenters. The van der Waals surface area contributed by atoms with Crippen LogP contribution in [0.15, 0.2) is 48.5 Å². The number of benzene rings is 2. The average molecular weight is 370 g/mol. The molecule has 2 aromatic carbocycles. The summed E-state index contributed by atoms with van der Waals surface area (Å²) in [4.78, 5) is 35.6. The first-order valence-electron chi connectivity index (χ1n) is 8.07. The van der Waals surface area contributed by atoms with E-state index in [1.54, 1.807) is 12.1 Å². The van der Waals surface area contributed by atoms with Crippen molar-refractivity contribution in [2.24, 2.45) is 0 Å². The van der Waals surface area contributed by atoms with Gasteiger partial charge in [0.05, 0.1) is 11.7 Å². The molecule has 1 heterocycles. The largest absolute Gasteiger partial charge is 0.481 e. The first-order chi connectivity index (χ1) is 12.4. The van der Waals surface area contributed by atoms with Crippen molar-refractivity contribution in [2.45, 2.75) is 18.1 Å². The number of thioether (sulfide) groups is 1. The van der Waals surface area contributed by atoms with Crippen LogP contribution >= 0.6 is 11.8 Å². The summed E-state index contributed by atoms with van der Waals surface area (Å²) in [6.07, 6.45) is 0.518. The molecule has 134 valence electrons. The Kier molecular flexibility index (Phi) is 5.27. The fourth-order valence-electron chi connectivity index (χ4n) is 2.76. The van der Waals surface area contributed by atoms with E-state index >= 15 is 0 Å². The zero-order valence-corrected chi connectivity index (χ0v) is 15.0. The van der Waals surface area contributed by atoms with Crippen LogP contribution in [-0.2, 0) is 22.4 Å². The minimum atomic E-state index is -0.850. The summed E-state index contributed by atoms with van der Waals surface area (Å²) in [6, 6.07) is 15.2. The summed E-state index contributed by atoms with van der Waals surface area (Å²) in [5.74, 6) is -1.08. The molecule has 1 unspecified atom stereocenters. The number of carbonyl (C=O) groups is 3. The lowest BCUT2D eigenvalue weighted by Crippen LogP contribution is -2.25. The number of amides is 2. The highest BCUT2D eigenvalue weighted by atomic mass is 32.2. The highest BCUT2D eigenvalue weighted by molar-refractivity contribution is 8.15. The Balaban J connectivity index is 1.66. The van der Waals surface area contributed by atoms with Gasteiger partial charge >= 0.3 is 5.97 Å². The molecule has 0 saturated carbocycles. The molecule has 6 nitrogen and oxygen atoms in total. The van der Waals surface area contributed by atoms with Gasteiger partial charge in [0.2, 0.25) is 5.91 Å². The van der Waals surface area contributed by atoms with E-state index in [-0.39, 0.29) is 22.8 Å². The summed E-state index contributed by atoms with van der Waals surface area (Å²) < 4.78 is 0. The van der Waals surface area contributed by atoms with E-state index in [1.807, 2.05) is 48.3 Å². The molecular formula is C19H18N2O4S. The number of rotatable bonds is 6. The third-order valence-electron chi connectivity index (χ3n) is 4.19. The van der Waals surface area contributed by atoms with Gasteiger partial charge in [-0.25, -0.2) is 0 Å². The number of hydrogen-bond donors (Lipinski definition) is 2. The van der Waals surface area contributed by atoms with Crippen molar-refractivity contribution >= 4 is 40.3 Å². The monoisotopic (exact) mass is 370 g/mol. The van der Waals surface area contributed by atoms with Crippen LogP contribution in [-0.4, -0.2) is 34.5 Å². The third kappa shape index (κ3) is 4.23. The molecule has 2 amide bonds. The third-order valence-corrected chi connectivity index (χ3v) is 5.17. The van der Waals surface area contributed by atoms with Gasteiger partial charge in [0.25, 0.3) is 5.24 Å².